The van der Waals surface area contributed by atoms with Crippen molar-refractivity contribution in [3.05, 3.63) is 23.8 Å². The van der Waals surface area contributed by atoms with Crippen molar-refractivity contribution in [1.29, 1.82) is 0 Å². The van der Waals surface area contributed by atoms with Crippen LogP contribution in [-0.2, 0) is 0 Å². The molecule has 0 amide bonds. The molecule has 0 aromatic heterocycles. The molecule has 1 aliphatic rings. The fourth-order valence-electron chi connectivity index (χ4n) is 2.03. The number of nitrogens with one attached hydrogen (secondary N) is 1. The van der Waals surface area contributed by atoms with E-state index >= 15 is 0 Å². The molecule has 0 atom stereocenters. The zero-order valence-corrected chi connectivity index (χ0v) is 12.5. The predicted molar refractivity (Wildman–Crippen MR) is 78.8 cm³/mol. The first-order chi connectivity index (χ1) is 9.46. The van der Waals surface area contributed by atoms with Crippen molar-refractivity contribution in [3.63, 3.8) is 0 Å². The van der Waals surface area contributed by atoms with Crippen LogP contribution < -0.4 is 14.8 Å². The smallest absolute Gasteiger partial charge is 0.164 e. The number of ether oxygens (including phenoxy) is 2. The highest BCUT2D eigenvalue weighted by Gasteiger charge is 2.15. The van der Waals surface area contributed by atoms with Crippen molar-refractivity contribution < 1.29 is 14.3 Å². The lowest BCUT2D eigenvalue weighted by atomic mass is 10.1. The van der Waals surface area contributed by atoms with E-state index < -0.39 is 0 Å². The van der Waals surface area contributed by atoms with Gasteiger partial charge in [-0.3, -0.25) is 4.79 Å². The molecule has 0 unspecified atom stereocenters. The molecule has 1 heterocycles. The van der Waals surface area contributed by atoms with Crippen LogP contribution in [0.3, 0.4) is 0 Å². The van der Waals surface area contributed by atoms with E-state index in [1.807, 2.05) is 12.1 Å². The topological polar surface area (TPSA) is 47.6 Å². The van der Waals surface area contributed by atoms with Gasteiger partial charge in [-0.1, -0.05) is 0 Å². The van der Waals surface area contributed by atoms with Crippen molar-refractivity contribution in [3.8, 4) is 11.5 Å². The molecule has 0 aliphatic carbocycles. The van der Waals surface area contributed by atoms with Gasteiger partial charge in [0.1, 0.15) is 0 Å². The number of fused-ring (bicyclic) bond motifs is 1. The van der Waals surface area contributed by atoms with Gasteiger partial charge in [-0.05, 0) is 39.0 Å². The van der Waals surface area contributed by atoms with Gasteiger partial charge < -0.3 is 14.8 Å². The third-order valence-electron chi connectivity index (χ3n) is 3.08. The number of carbonyl (C=O) groups is 1. The number of Topliss-reactive ketones (excluding diaryl/α,β-unsaturated/α-hetero) is 1. The Morgan fingerprint density at radius 1 is 1.20 bits per heavy atom. The summed E-state index contributed by atoms with van der Waals surface area (Å²) in [5.41, 5.74) is 0.718. The second kappa shape index (κ2) is 6.27. The summed E-state index contributed by atoms with van der Waals surface area (Å²) in [4.78, 5) is 12.2. The number of hydrogen-bond acceptors (Lipinski definition) is 4. The summed E-state index contributed by atoms with van der Waals surface area (Å²) in [6, 6.07) is 5.43. The summed E-state index contributed by atoms with van der Waals surface area (Å²) in [5, 5.41) is 3.32. The van der Waals surface area contributed by atoms with Crippen molar-refractivity contribution in [1.82, 2.24) is 5.32 Å². The lowest BCUT2D eigenvalue weighted by Gasteiger charge is -2.20. The predicted octanol–water partition coefficient (Wildman–Crippen LogP) is 2.81. The van der Waals surface area contributed by atoms with E-state index in [2.05, 4.69) is 26.1 Å². The maximum absolute atomic E-state index is 12.2. The van der Waals surface area contributed by atoms with Gasteiger partial charge in [0, 0.05) is 30.5 Å². The highest BCUT2D eigenvalue weighted by molar-refractivity contribution is 5.96. The molecule has 1 aromatic carbocycles. The standard InChI is InChI=1S/C16H23NO3/c1-16(2,3)17-8-7-13(18)12-5-6-14-15(11-12)20-10-4-9-19-14/h5-6,11,17H,4,7-10H2,1-3H3. The second-order valence-corrected chi connectivity index (χ2v) is 6.06. The van der Waals surface area contributed by atoms with E-state index in [-0.39, 0.29) is 11.3 Å². The van der Waals surface area contributed by atoms with Gasteiger partial charge in [0.25, 0.3) is 0 Å². The van der Waals surface area contributed by atoms with Crippen molar-refractivity contribution in [2.75, 3.05) is 19.8 Å². The Balaban J connectivity index is 1.98. The Hall–Kier alpha value is -1.55. The number of rotatable bonds is 4. The molecular weight excluding hydrogens is 254 g/mol. The normalized spacial score (nSPS) is 14.8. The van der Waals surface area contributed by atoms with Gasteiger partial charge in [-0.25, -0.2) is 0 Å². The molecule has 4 nitrogen and oxygen atoms in total. The van der Waals surface area contributed by atoms with Crippen LogP contribution in [0.5, 0.6) is 11.5 Å². The Kier molecular flexibility index (Phi) is 4.65. The molecule has 1 aromatic rings. The van der Waals surface area contributed by atoms with Gasteiger partial charge in [-0.2, -0.15) is 0 Å². The van der Waals surface area contributed by atoms with E-state index in [4.69, 9.17) is 9.47 Å². The zero-order chi connectivity index (χ0) is 14.6. The molecule has 4 heteroatoms. The quantitative estimate of drug-likeness (QED) is 0.860. The summed E-state index contributed by atoms with van der Waals surface area (Å²) in [6.07, 6.45) is 1.35. The first kappa shape index (κ1) is 14.9. The highest BCUT2D eigenvalue weighted by Crippen LogP contribution is 2.30. The minimum atomic E-state index is 0.0327. The minimum Gasteiger partial charge on any atom is -0.490 e. The minimum absolute atomic E-state index is 0.0327. The Morgan fingerprint density at radius 3 is 2.60 bits per heavy atom. The van der Waals surface area contributed by atoms with E-state index in [0.717, 1.165) is 12.2 Å². The van der Waals surface area contributed by atoms with Crippen LogP contribution in [-0.4, -0.2) is 31.1 Å². The molecule has 0 spiro atoms. The lowest BCUT2D eigenvalue weighted by Crippen LogP contribution is -2.37. The van der Waals surface area contributed by atoms with Crippen LogP contribution >= 0.6 is 0 Å². The Labute approximate surface area is 120 Å². The molecule has 0 radical (unpaired) electrons. The Bertz CT molecular complexity index is 477. The van der Waals surface area contributed by atoms with Crippen LogP contribution in [0.25, 0.3) is 0 Å². The van der Waals surface area contributed by atoms with E-state index in [0.29, 0.717) is 37.5 Å². The summed E-state index contributed by atoms with van der Waals surface area (Å²) < 4.78 is 11.2. The first-order valence-electron chi connectivity index (χ1n) is 7.13. The average Bonchev–Trinajstić information content (AvgIpc) is 2.61. The number of carbonyl (C=O) groups excluding carboxylic acids is 1. The average molecular weight is 277 g/mol. The summed E-state index contributed by atoms with van der Waals surface area (Å²) >= 11 is 0. The largest absolute Gasteiger partial charge is 0.490 e. The molecule has 1 aliphatic heterocycles. The van der Waals surface area contributed by atoms with E-state index in [1.165, 1.54) is 0 Å². The van der Waals surface area contributed by atoms with Crippen LogP contribution in [0.15, 0.2) is 18.2 Å². The highest BCUT2D eigenvalue weighted by atomic mass is 16.5. The number of benzene rings is 1. The van der Waals surface area contributed by atoms with Gasteiger partial charge in [-0.15, -0.1) is 0 Å². The SMILES string of the molecule is CC(C)(C)NCCC(=O)c1ccc2c(c1)OCCCO2. The third kappa shape index (κ3) is 4.23. The summed E-state index contributed by atoms with van der Waals surface area (Å²) in [7, 11) is 0. The molecule has 0 fully saturated rings. The molecule has 1 N–H and O–H groups in total. The monoisotopic (exact) mass is 277 g/mol. The fraction of sp³-hybridized carbons (Fsp3) is 0.562. The van der Waals surface area contributed by atoms with Crippen LogP contribution in [0.2, 0.25) is 0 Å². The first-order valence-corrected chi connectivity index (χ1v) is 7.13. The molecule has 110 valence electrons. The summed E-state index contributed by atoms with van der Waals surface area (Å²) in [6.45, 7) is 8.24. The van der Waals surface area contributed by atoms with Gasteiger partial charge in [0.15, 0.2) is 17.3 Å². The van der Waals surface area contributed by atoms with Crippen LogP contribution in [0.4, 0.5) is 0 Å². The molecule has 0 bridgehead atoms. The van der Waals surface area contributed by atoms with Gasteiger partial charge in [0.05, 0.1) is 13.2 Å². The second-order valence-electron chi connectivity index (χ2n) is 6.06. The lowest BCUT2D eigenvalue weighted by molar-refractivity contribution is 0.0980. The van der Waals surface area contributed by atoms with Crippen LogP contribution in [0, 0.1) is 0 Å². The van der Waals surface area contributed by atoms with E-state index in [9.17, 15) is 4.79 Å². The third-order valence-corrected chi connectivity index (χ3v) is 3.08. The maximum Gasteiger partial charge on any atom is 0.164 e. The van der Waals surface area contributed by atoms with Gasteiger partial charge in [0.2, 0.25) is 0 Å². The van der Waals surface area contributed by atoms with Crippen molar-refractivity contribution >= 4 is 5.78 Å². The molecule has 20 heavy (non-hydrogen) atoms. The number of hydrogen-bond donors (Lipinski definition) is 1. The fourth-order valence-corrected chi connectivity index (χ4v) is 2.03. The van der Waals surface area contributed by atoms with Gasteiger partial charge >= 0.3 is 0 Å². The van der Waals surface area contributed by atoms with E-state index in [1.54, 1.807) is 6.07 Å². The molecular formula is C16H23NO3. The summed E-state index contributed by atoms with van der Waals surface area (Å²) in [5.74, 6) is 1.53. The molecule has 0 saturated heterocycles. The van der Waals surface area contributed by atoms with Crippen LogP contribution in [0.1, 0.15) is 44.0 Å². The van der Waals surface area contributed by atoms with Crippen molar-refractivity contribution in [2.24, 2.45) is 0 Å². The molecule has 2 rings (SSSR count). The number of ketones is 1. The van der Waals surface area contributed by atoms with Crippen molar-refractivity contribution in [2.45, 2.75) is 39.2 Å². The maximum atomic E-state index is 12.2. The Morgan fingerprint density at radius 2 is 1.90 bits per heavy atom. The zero-order valence-electron chi connectivity index (χ0n) is 12.5. The molecule has 0 saturated carbocycles.